The van der Waals surface area contributed by atoms with Gasteiger partial charge in [-0.15, -0.1) is 0 Å². The second kappa shape index (κ2) is 9.87. The number of rotatable bonds is 7. The summed E-state index contributed by atoms with van der Waals surface area (Å²) in [5.41, 5.74) is 6.09. The largest absolute Gasteiger partial charge is 0.478 e. The van der Waals surface area contributed by atoms with Gasteiger partial charge in [0.2, 0.25) is 11.8 Å². The Labute approximate surface area is 209 Å². The maximum atomic E-state index is 13.1. The van der Waals surface area contributed by atoms with E-state index in [0.717, 1.165) is 33.3 Å². The van der Waals surface area contributed by atoms with Crippen LogP contribution in [0, 0.1) is 6.92 Å². The van der Waals surface area contributed by atoms with Gasteiger partial charge in [0.25, 0.3) is 5.91 Å². The Morgan fingerprint density at radius 3 is 2.61 bits per heavy atom. The summed E-state index contributed by atoms with van der Waals surface area (Å²) in [6.45, 7) is 4.48. The van der Waals surface area contributed by atoms with E-state index in [1.807, 2.05) is 68.1 Å². The summed E-state index contributed by atoms with van der Waals surface area (Å²) in [7, 11) is 1.99. The van der Waals surface area contributed by atoms with Crippen LogP contribution in [0.1, 0.15) is 22.8 Å². The highest BCUT2D eigenvalue weighted by molar-refractivity contribution is 6.06. The fourth-order valence-electron chi connectivity index (χ4n) is 4.05. The first-order valence-corrected chi connectivity index (χ1v) is 11.7. The number of aromatic nitrogens is 4. The standard InChI is InChI=1S/C28H26N6O2/c1-4-36-26-11-8-20(16-31-26)23-17-34(3)25-15-21(9-10-22(23)25)32-27(35)19-7-6-18(2)24(14-19)33-28-29-12-5-13-30-28/h5-17H,4H2,1-3H3,(H,32,35)(H,29,30,33). The second-order valence-electron chi connectivity index (χ2n) is 8.38. The van der Waals surface area contributed by atoms with Crippen LogP contribution in [0.25, 0.3) is 22.0 Å². The third-order valence-electron chi connectivity index (χ3n) is 5.90. The maximum absolute atomic E-state index is 13.1. The van der Waals surface area contributed by atoms with E-state index in [1.165, 1.54) is 0 Å². The number of nitrogens with one attached hydrogen (secondary N) is 2. The zero-order chi connectivity index (χ0) is 25.1. The number of fused-ring (bicyclic) bond motifs is 1. The molecule has 8 heteroatoms. The molecule has 0 saturated heterocycles. The maximum Gasteiger partial charge on any atom is 0.255 e. The summed E-state index contributed by atoms with van der Waals surface area (Å²) in [6.07, 6.45) is 7.22. The Balaban J connectivity index is 1.38. The van der Waals surface area contributed by atoms with Crippen LogP contribution in [0.15, 0.2) is 79.4 Å². The number of hydrogen-bond donors (Lipinski definition) is 2. The molecule has 0 aliphatic carbocycles. The molecule has 0 fully saturated rings. The summed E-state index contributed by atoms with van der Waals surface area (Å²) in [4.78, 5) is 25.8. The Kier molecular flexibility index (Phi) is 6.32. The molecule has 8 nitrogen and oxygen atoms in total. The SMILES string of the molecule is CCOc1ccc(-c2cn(C)c3cc(NC(=O)c4ccc(C)c(Nc5ncccn5)c4)ccc23)cn1. The monoisotopic (exact) mass is 478 g/mol. The minimum Gasteiger partial charge on any atom is -0.478 e. The average Bonchev–Trinajstić information content (AvgIpc) is 3.22. The van der Waals surface area contributed by atoms with E-state index in [4.69, 9.17) is 4.74 Å². The number of amides is 1. The molecule has 0 atom stereocenters. The zero-order valence-electron chi connectivity index (χ0n) is 20.3. The third-order valence-corrected chi connectivity index (χ3v) is 5.90. The van der Waals surface area contributed by atoms with Crippen LogP contribution in [-0.4, -0.2) is 32.0 Å². The lowest BCUT2D eigenvalue weighted by Crippen LogP contribution is -2.12. The van der Waals surface area contributed by atoms with E-state index < -0.39 is 0 Å². The van der Waals surface area contributed by atoms with Crippen molar-refractivity contribution in [3.05, 3.63) is 90.5 Å². The van der Waals surface area contributed by atoms with Gasteiger partial charge in [-0.25, -0.2) is 15.0 Å². The second-order valence-corrected chi connectivity index (χ2v) is 8.38. The lowest BCUT2D eigenvalue weighted by Gasteiger charge is -2.11. The van der Waals surface area contributed by atoms with E-state index in [1.54, 1.807) is 30.6 Å². The number of anilines is 3. The van der Waals surface area contributed by atoms with Gasteiger partial charge < -0.3 is 19.9 Å². The molecule has 5 rings (SSSR count). The Morgan fingerprint density at radius 2 is 1.86 bits per heavy atom. The molecule has 1 amide bonds. The van der Waals surface area contributed by atoms with E-state index in [2.05, 4.69) is 31.8 Å². The zero-order valence-corrected chi connectivity index (χ0v) is 20.3. The number of nitrogens with zero attached hydrogens (tertiary/aromatic N) is 4. The molecular weight excluding hydrogens is 452 g/mol. The van der Waals surface area contributed by atoms with Gasteiger partial charge in [0.15, 0.2) is 0 Å². The van der Waals surface area contributed by atoms with Gasteiger partial charge in [0.1, 0.15) is 0 Å². The van der Waals surface area contributed by atoms with E-state index in [9.17, 15) is 4.79 Å². The smallest absolute Gasteiger partial charge is 0.255 e. The van der Waals surface area contributed by atoms with E-state index >= 15 is 0 Å². The molecule has 2 N–H and O–H groups in total. The van der Waals surface area contributed by atoms with Gasteiger partial charge in [-0.1, -0.05) is 12.1 Å². The van der Waals surface area contributed by atoms with Gasteiger partial charge in [-0.3, -0.25) is 4.79 Å². The van der Waals surface area contributed by atoms with Crippen molar-refractivity contribution in [2.24, 2.45) is 7.05 Å². The Morgan fingerprint density at radius 1 is 1.03 bits per heavy atom. The third kappa shape index (κ3) is 4.74. The number of aryl methyl sites for hydroxylation is 2. The van der Waals surface area contributed by atoms with Crippen LogP contribution in [0.5, 0.6) is 5.88 Å². The normalized spacial score (nSPS) is 10.9. The van der Waals surface area contributed by atoms with Crippen molar-refractivity contribution in [3.63, 3.8) is 0 Å². The van der Waals surface area contributed by atoms with Crippen molar-refractivity contribution in [2.75, 3.05) is 17.2 Å². The predicted octanol–water partition coefficient (Wildman–Crippen LogP) is 5.73. The van der Waals surface area contributed by atoms with Gasteiger partial charge in [0, 0.05) is 71.4 Å². The number of carbonyl (C=O) groups is 1. The van der Waals surface area contributed by atoms with Crippen LogP contribution in [0.3, 0.4) is 0 Å². The highest BCUT2D eigenvalue weighted by atomic mass is 16.5. The lowest BCUT2D eigenvalue weighted by molar-refractivity contribution is 0.102. The van der Waals surface area contributed by atoms with Crippen LogP contribution < -0.4 is 15.4 Å². The van der Waals surface area contributed by atoms with Crippen molar-refractivity contribution in [1.82, 2.24) is 19.5 Å². The molecule has 180 valence electrons. The molecular formula is C28H26N6O2. The van der Waals surface area contributed by atoms with Gasteiger partial charge in [0.05, 0.1) is 12.1 Å². The molecule has 0 bridgehead atoms. The lowest BCUT2D eigenvalue weighted by atomic mass is 10.1. The first kappa shape index (κ1) is 23.0. The minimum atomic E-state index is -0.198. The van der Waals surface area contributed by atoms with E-state index in [0.29, 0.717) is 29.7 Å². The summed E-state index contributed by atoms with van der Waals surface area (Å²) in [5.74, 6) is 0.889. The number of hydrogen-bond acceptors (Lipinski definition) is 6. The van der Waals surface area contributed by atoms with Crippen molar-refractivity contribution in [2.45, 2.75) is 13.8 Å². The van der Waals surface area contributed by atoms with Crippen molar-refractivity contribution in [3.8, 4) is 17.0 Å². The Bertz CT molecular complexity index is 1530. The minimum absolute atomic E-state index is 0.198. The molecule has 0 aliphatic heterocycles. The molecule has 3 aromatic heterocycles. The average molecular weight is 479 g/mol. The van der Waals surface area contributed by atoms with Crippen LogP contribution in [0.2, 0.25) is 0 Å². The molecule has 0 saturated carbocycles. The molecule has 2 aromatic carbocycles. The quantitative estimate of drug-likeness (QED) is 0.310. The fraction of sp³-hybridized carbons (Fsp3) is 0.143. The van der Waals surface area contributed by atoms with Gasteiger partial charge in [-0.2, -0.15) is 0 Å². The highest BCUT2D eigenvalue weighted by Gasteiger charge is 2.13. The molecule has 3 heterocycles. The summed E-state index contributed by atoms with van der Waals surface area (Å²) >= 11 is 0. The number of pyridine rings is 1. The van der Waals surface area contributed by atoms with Gasteiger partial charge >= 0.3 is 0 Å². The molecule has 0 spiro atoms. The summed E-state index contributed by atoms with van der Waals surface area (Å²) in [5, 5.41) is 7.27. The highest BCUT2D eigenvalue weighted by Crippen LogP contribution is 2.32. The number of benzene rings is 2. The molecule has 5 aromatic rings. The fourth-order valence-corrected chi connectivity index (χ4v) is 4.05. The first-order chi connectivity index (χ1) is 17.5. The predicted molar refractivity (Wildman–Crippen MR) is 142 cm³/mol. The van der Waals surface area contributed by atoms with Gasteiger partial charge in [-0.05, 0) is 55.8 Å². The van der Waals surface area contributed by atoms with Crippen LogP contribution >= 0.6 is 0 Å². The van der Waals surface area contributed by atoms with E-state index in [-0.39, 0.29) is 5.91 Å². The van der Waals surface area contributed by atoms with Crippen molar-refractivity contribution < 1.29 is 9.53 Å². The van der Waals surface area contributed by atoms with Crippen molar-refractivity contribution in [1.29, 1.82) is 0 Å². The molecule has 36 heavy (non-hydrogen) atoms. The molecule has 0 unspecified atom stereocenters. The first-order valence-electron chi connectivity index (χ1n) is 11.7. The summed E-state index contributed by atoms with van der Waals surface area (Å²) < 4.78 is 7.50. The Hall–Kier alpha value is -4.72. The summed E-state index contributed by atoms with van der Waals surface area (Å²) in [6, 6.07) is 17.1. The molecule has 0 radical (unpaired) electrons. The van der Waals surface area contributed by atoms with Crippen LogP contribution in [-0.2, 0) is 7.05 Å². The number of ether oxygens (including phenoxy) is 1. The number of carbonyl (C=O) groups excluding carboxylic acids is 1. The van der Waals surface area contributed by atoms with Crippen LogP contribution in [0.4, 0.5) is 17.3 Å². The molecule has 0 aliphatic rings. The topological polar surface area (TPSA) is 94.0 Å². The van der Waals surface area contributed by atoms with Crippen molar-refractivity contribution >= 4 is 34.1 Å².